The lowest BCUT2D eigenvalue weighted by molar-refractivity contribution is 0.240. The predicted molar refractivity (Wildman–Crippen MR) is 66.3 cm³/mol. The van der Waals surface area contributed by atoms with Crippen LogP contribution < -0.4 is 5.73 Å². The van der Waals surface area contributed by atoms with Gasteiger partial charge in [-0.25, -0.2) is 0 Å². The van der Waals surface area contributed by atoms with Gasteiger partial charge in [-0.1, -0.05) is 13.5 Å². The molecule has 1 rings (SSSR count). The minimum Gasteiger partial charge on any atom is -0.398 e. The van der Waals surface area contributed by atoms with Crippen molar-refractivity contribution in [3.05, 3.63) is 36.1 Å². The first-order valence-electron chi connectivity index (χ1n) is 5.36. The summed E-state index contributed by atoms with van der Waals surface area (Å²) in [7, 11) is 5.57. The number of hydrogen-bond acceptors (Lipinski definition) is 2. The Bertz CT molecular complexity index is 286. The predicted octanol–water partition coefficient (Wildman–Crippen LogP) is 1.76. The molecule has 0 unspecified atom stereocenters. The largest absolute Gasteiger partial charge is 0.398 e. The summed E-state index contributed by atoms with van der Waals surface area (Å²) in [6.45, 7) is 11.8. The van der Waals surface area contributed by atoms with E-state index in [0.717, 1.165) is 24.7 Å². The van der Waals surface area contributed by atoms with E-state index in [9.17, 15) is 0 Å². The highest BCUT2D eigenvalue weighted by Crippen LogP contribution is 2.22. The second-order valence-corrected chi connectivity index (χ2v) is 4.30. The van der Waals surface area contributed by atoms with E-state index in [0.29, 0.717) is 11.2 Å². The maximum Gasteiger partial charge on any atom is 0.113 e. The van der Waals surface area contributed by atoms with Gasteiger partial charge in [-0.15, -0.1) is 12.1 Å². The lowest BCUT2D eigenvalue weighted by Crippen LogP contribution is -2.34. The zero-order valence-electron chi connectivity index (χ0n) is 9.50. The summed E-state index contributed by atoms with van der Waals surface area (Å²) in [4.78, 5) is 2.24. The smallest absolute Gasteiger partial charge is 0.113 e. The van der Waals surface area contributed by atoms with Crippen LogP contribution in [0.1, 0.15) is 19.8 Å². The van der Waals surface area contributed by atoms with Crippen LogP contribution in [0.4, 0.5) is 0 Å². The van der Waals surface area contributed by atoms with Crippen molar-refractivity contribution < 1.29 is 0 Å². The fourth-order valence-electron chi connectivity index (χ4n) is 1.81. The molecule has 2 N–H and O–H groups in total. The van der Waals surface area contributed by atoms with E-state index in [4.69, 9.17) is 13.6 Å². The fraction of sp³-hybridized carbons (Fsp3) is 0.500. The summed E-state index contributed by atoms with van der Waals surface area (Å²) in [5.41, 5.74) is 7.76. The Morgan fingerprint density at radius 3 is 2.33 bits per heavy atom. The van der Waals surface area contributed by atoms with Gasteiger partial charge in [0.15, 0.2) is 0 Å². The Morgan fingerprint density at radius 2 is 1.93 bits per heavy atom. The molecule has 0 spiro atoms. The highest BCUT2D eigenvalue weighted by atomic mass is 15.1. The quantitative estimate of drug-likeness (QED) is 0.558. The number of piperidine rings is 1. The van der Waals surface area contributed by atoms with Gasteiger partial charge in [0.05, 0.1) is 5.70 Å². The van der Waals surface area contributed by atoms with Crippen LogP contribution in [-0.2, 0) is 0 Å². The minimum absolute atomic E-state index is 0.523. The number of allylic oxidation sites excluding steroid dienone is 2. The molecule has 1 aliphatic rings. The number of nitrogens with two attached hydrogens (primary N) is 1. The van der Waals surface area contributed by atoms with Crippen molar-refractivity contribution in [2.45, 2.75) is 19.8 Å². The van der Waals surface area contributed by atoms with Crippen LogP contribution in [0.2, 0.25) is 0 Å². The van der Waals surface area contributed by atoms with Gasteiger partial charge in [-0.2, -0.15) is 0 Å². The molecule has 15 heavy (non-hydrogen) atoms. The molecule has 0 saturated carbocycles. The van der Waals surface area contributed by atoms with Crippen molar-refractivity contribution in [1.29, 1.82) is 0 Å². The van der Waals surface area contributed by atoms with Crippen molar-refractivity contribution in [3.8, 4) is 0 Å². The molecule has 0 atom stereocenters. The van der Waals surface area contributed by atoms with Crippen LogP contribution in [0.3, 0.4) is 0 Å². The highest BCUT2D eigenvalue weighted by molar-refractivity contribution is 6.23. The molecular formula is C12H19BN2. The van der Waals surface area contributed by atoms with Crippen LogP contribution in [0.5, 0.6) is 0 Å². The fourth-order valence-corrected chi connectivity index (χ4v) is 1.81. The molecule has 0 amide bonds. The summed E-state index contributed by atoms with van der Waals surface area (Å²) < 4.78 is 0. The van der Waals surface area contributed by atoms with Crippen LogP contribution >= 0.6 is 0 Å². The van der Waals surface area contributed by atoms with Crippen molar-refractivity contribution in [2.75, 3.05) is 13.1 Å². The maximum atomic E-state index is 5.75. The van der Waals surface area contributed by atoms with Crippen LogP contribution in [0, 0.1) is 5.92 Å². The van der Waals surface area contributed by atoms with Crippen molar-refractivity contribution in [1.82, 2.24) is 4.90 Å². The van der Waals surface area contributed by atoms with E-state index >= 15 is 0 Å². The molecule has 3 heteroatoms. The molecule has 0 bridgehead atoms. The Balaban J connectivity index is 2.73. The topological polar surface area (TPSA) is 29.3 Å². The Hall–Kier alpha value is -1.12. The van der Waals surface area contributed by atoms with Gasteiger partial charge in [0, 0.05) is 18.8 Å². The van der Waals surface area contributed by atoms with Gasteiger partial charge in [0.25, 0.3) is 0 Å². The first-order chi connectivity index (χ1) is 7.00. The summed E-state index contributed by atoms with van der Waals surface area (Å²) >= 11 is 0. The van der Waals surface area contributed by atoms with E-state index in [1.54, 1.807) is 6.08 Å². The van der Waals surface area contributed by atoms with Gasteiger partial charge < -0.3 is 10.6 Å². The first kappa shape index (κ1) is 12.0. The molecule has 0 aromatic rings. The van der Waals surface area contributed by atoms with Crippen LogP contribution in [0.15, 0.2) is 36.1 Å². The monoisotopic (exact) mass is 202 g/mol. The molecule has 0 aliphatic carbocycles. The third-order valence-corrected chi connectivity index (χ3v) is 2.78. The van der Waals surface area contributed by atoms with Crippen LogP contribution in [0.25, 0.3) is 0 Å². The van der Waals surface area contributed by atoms with E-state index < -0.39 is 0 Å². The van der Waals surface area contributed by atoms with Gasteiger partial charge in [0.1, 0.15) is 7.85 Å². The van der Waals surface area contributed by atoms with Crippen molar-refractivity contribution in [3.63, 3.8) is 0 Å². The van der Waals surface area contributed by atoms with E-state index in [1.165, 1.54) is 12.8 Å². The first-order valence-corrected chi connectivity index (χ1v) is 5.36. The Kier molecular flexibility index (Phi) is 4.07. The molecule has 80 valence electrons. The summed E-state index contributed by atoms with van der Waals surface area (Å²) in [6.07, 6.45) is 4.20. The second kappa shape index (κ2) is 5.10. The number of hydrogen-bond donors (Lipinski definition) is 1. The van der Waals surface area contributed by atoms with E-state index in [-0.39, 0.29) is 0 Å². The van der Waals surface area contributed by atoms with Gasteiger partial charge in [-0.3, -0.25) is 0 Å². The lowest BCUT2D eigenvalue weighted by Gasteiger charge is -2.34. The van der Waals surface area contributed by atoms with Crippen molar-refractivity contribution >= 4 is 7.85 Å². The van der Waals surface area contributed by atoms with Crippen LogP contribution in [-0.4, -0.2) is 25.8 Å². The lowest BCUT2D eigenvalue weighted by atomic mass is 9.94. The highest BCUT2D eigenvalue weighted by Gasteiger charge is 2.18. The third-order valence-electron chi connectivity index (χ3n) is 2.78. The number of likely N-dealkylation sites (tertiary alicyclic amines) is 1. The molecular weight excluding hydrogens is 183 g/mol. The normalized spacial score (nSPS) is 19.0. The Labute approximate surface area is 93.9 Å². The van der Waals surface area contributed by atoms with E-state index in [1.807, 2.05) is 0 Å². The molecule has 1 heterocycles. The standard InChI is InChI=1S/C12H19BN2/c1-9-4-6-15(7-5-9)12(11(3)14)8-10(2)13/h8-9H,2-7,14H2,1H3/b12-8+. The van der Waals surface area contributed by atoms with Gasteiger partial charge in [-0.05, 0) is 24.8 Å². The second-order valence-electron chi connectivity index (χ2n) is 4.30. The van der Waals surface area contributed by atoms with Crippen molar-refractivity contribution in [2.24, 2.45) is 11.7 Å². The van der Waals surface area contributed by atoms with Gasteiger partial charge >= 0.3 is 0 Å². The summed E-state index contributed by atoms with van der Waals surface area (Å²) in [5, 5.41) is 0. The molecule has 1 saturated heterocycles. The van der Waals surface area contributed by atoms with E-state index in [2.05, 4.69) is 25.0 Å². The zero-order valence-corrected chi connectivity index (χ0v) is 9.50. The summed E-state index contributed by atoms with van der Waals surface area (Å²) in [6, 6.07) is 0. The molecule has 0 aromatic carbocycles. The van der Waals surface area contributed by atoms with Gasteiger partial charge in [0.2, 0.25) is 0 Å². The zero-order chi connectivity index (χ0) is 11.4. The average Bonchev–Trinajstić information content (AvgIpc) is 2.15. The number of nitrogens with zero attached hydrogens (tertiary/aromatic N) is 1. The molecule has 0 aromatic heterocycles. The Morgan fingerprint density at radius 1 is 1.40 bits per heavy atom. The number of rotatable bonds is 3. The molecule has 1 aliphatic heterocycles. The maximum absolute atomic E-state index is 5.75. The minimum atomic E-state index is 0.523. The average molecular weight is 202 g/mol. The summed E-state index contributed by atoms with van der Waals surface area (Å²) in [5.74, 6) is 0.801. The SMILES string of the molecule is [B]C(=C)/C=C(\C(=C)N)N1CCC(C)CC1. The molecule has 2 radical (unpaired) electrons. The molecule has 2 nitrogen and oxygen atoms in total. The third kappa shape index (κ3) is 3.50. The molecule has 1 fully saturated rings.